The van der Waals surface area contributed by atoms with Gasteiger partial charge in [-0.3, -0.25) is 4.98 Å². The fourth-order valence-corrected chi connectivity index (χ4v) is 7.54. The van der Waals surface area contributed by atoms with Gasteiger partial charge in [0.25, 0.3) is 0 Å². The molecule has 0 saturated carbocycles. The van der Waals surface area contributed by atoms with Gasteiger partial charge in [-0.1, -0.05) is 60.2 Å². The summed E-state index contributed by atoms with van der Waals surface area (Å²) < 4.78 is 40.6. The Bertz CT molecular complexity index is 2110. The highest BCUT2D eigenvalue weighted by Gasteiger charge is 2.36. The largest absolute Gasteiger partial charge is 0.497 e. The normalized spacial score (nSPS) is 13.4. The third kappa shape index (κ3) is 4.52. The minimum atomic E-state index is -3.77. The molecule has 43 heavy (non-hydrogen) atoms. The van der Waals surface area contributed by atoms with Crippen LogP contribution in [0.4, 0.5) is 0 Å². The molecule has 0 aliphatic carbocycles. The number of para-hydroxylation sites is 1. The summed E-state index contributed by atoms with van der Waals surface area (Å²) in [5.74, 6) is 1.52. The molecule has 0 spiro atoms. The average molecular weight is 587 g/mol. The number of rotatable bonds is 6. The van der Waals surface area contributed by atoms with E-state index >= 15 is 0 Å². The molecular weight excluding hydrogens is 556 g/mol. The van der Waals surface area contributed by atoms with Gasteiger partial charge in [0.05, 0.1) is 24.6 Å². The Balaban J connectivity index is 1.56. The fourth-order valence-electron chi connectivity index (χ4n) is 6.17. The number of fused-ring (bicyclic) bond motifs is 4. The third-order valence-electron chi connectivity index (χ3n) is 8.35. The average Bonchev–Trinajstić information content (AvgIpc) is 3.50. The van der Waals surface area contributed by atoms with Crippen LogP contribution in [-0.4, -0.2) is 31.9 Å². The molecule has 0 bridgehead atoms. The summed E-state index contributed by atoms with van der Waals surface area (Å²) in [4.78, 5) is 5.16. The van der Waals surface area contributed by atoms with Crippen molar-refractivity contribution in [3.05, 3.63) is 120 Å². The number of aryl methyl sites for hydroxylation is 1. The van der Waals surface area contributed by atoms with E-state index in [2.05, 4.69) is 6.07 Å². The lowest BCUT2D eigenvalue weighted by molar-refractivity contribution is 0.415. The topological polar surface area (TPSA) is 68.7 Å². The van der Waals surface area contributed by atoms with Crippen molar-refractivity contribution in [1.82, 2.24) is 9.29 Å². The monoisotopic (exact) mass is 586 g/mol. The van der Waals surface area contributed by atoms with Crippen molar-refractivity contribution in [2.24, 2.45) is 0 Å². The van der Waals surface area contributed by atoms with Gasteiger partial charge in [-0.25, -0.2) is 8.42 Å². The Labute approximate surface area is 251 Å². The van der Waals surface area contributed by atoms with Crippen LogP contribution in [0.1, 0.15) is 16.7 Å². The highest BCUT2D eigenvalue weighted by atomic mass is 32.2. The Morgan fingerprint density at radius 3 is 1.84 bits per heavy atom. The van der Waals surface area contributed by atoms with E-state index in [0.29, 0.717) is 4.90 Å². The number of hydrogen-bond donors (Lipinski definition) is 0. The Morgan fingerprint density at radius 2 is 1.23 bits per heavy atom. The van der Waals surface area contributed by atoms with E-state index in [-0.39, 0.29) is 13.1 Å². The predicted octanol–water partition coefficient (Wildman–Crippen LogP) is 7.75. The third-order valence-corrected chi connectivity index (χ3v) is 10.2. The van der Waals surface area contributed by atoms with Gasteiger partial charge >= 0.3 is 0 Å². The first-order valence-electron chi connectivity index (χ1n) is 14.1. The van der Waals surface area contributed by atoms with Gasteiger partial charge in [-0.05, 0) is 82.8 Å². The maximum absolute atomic E-state index is 14.1. The summed E-state index contributed by atoms with van der Waals surface area (Å²) in [7, 11) is -0.467. The molecule has 0 N–H and O–H groups in total. The molecule has 214 valence electrons. The summed E-state index contributed by atoms with van der Waals surface area (Å²) >= 11 is 0. The van der Waals surface area contributed by atoms with Crippen molar-refractivity contribution in [3.8, 4) is 33.8 Å². The molecule has 0 saturated heterocycles. The fraction of sp³-hybridized carbons (Fsp3) is 0.139. The van der Waals surface area contributed by atoms with E-state index in [1.54, 1.807) is 30.7 Å². The number of pyridine rings is 1. The summed E-state index contributed by atoms with van der Waals surface area (Å²) in [6.45, 7) is 2.45. The van der Waals surface area contributed by atoms with Crippen LogP contribution in [0.3, 0.4) is 0 Å². The molecule has 1 aliphatic rings. The van der Waals surface area contributed by atoms with Crippen molar-refractivity contribution in [1.29, 1.82) is 0 Å². The molecule has 6 nitrogen and oxygen atoms in total. The van der Waals surface area contributed by atoms with Gasteiger partial charge in [-0.2, -0.15) is 4.31 Å². The lowest BCUT2D eigenvalue weighted by Crippen LogP contribution is -2.25. The highest BCUT2D eigenvalue weighted by Crippen LogP contribution is 2.48. The standard InChI is InChI=1S/C36H30N2O4S/c1-23-8-18-28(19-9-23)43(39,40)38-21-31-32(22-38)35(25-12-16-27(42-3)17-13-25)36-29-6-4-5-7-33(29)37-20-30(36)34(31)24-10-14-26(41-2)15-11-24/h4-20H,21-22H2,1-3H3. The first-order valence-corrected chi connectivity index (χ1v) is 15.5. The molecule has 7 heteroatoms. The van der Waals surface area contributed by atoms with Crippen molar-refractivity contribution in [2.75, 3.05) is 14.2 Å². The van der Waals surface area contributed by atoms with Crippen LogP contribution in [-0.2, 0) is 23.1 Å². The molecule has 0 radical (unpaired) electrons. The molecule has 7 rings (SSSR count). The zero-order valence-electron chi connectivity index (χ0n) is 24.2. The highest BCUT2D eigenvalue weighted by molar-refractivity contribution is 7.89. The summed E-state index contributed by atoms with van der Waals surface area (Å²) in [6, 6.07) is 31.1. The van der Waals surface area contributed by atoms with E-state index in [0.717, 1.165) is 72.1 Å². The Hall–Kier alpha value is -4.72. The van der Waals surface area contributed by atoms with Crippen molar-refractivity contribution in [2.45, 2.75) is 24.9 Å². The predicted molar refractivity (Wildman–Crippen MR) is 171 cm³/mol. The maximum Gasteiger partial charge on any atom is 0.243 e. The number of sulfonamides is 1. The second-order valence-electron chi connectivity index (χ2n) is 10.8. The van der Waals surface area contributed by atoms with Crippen molar-refractivity contribution in [3.63, 3.8) is 0 Å². The second-order valence-corrected chi connectivity index (χ2v) is 12.8. The van der Waals surface area contributed by atoms with Gasteiger partial charge < -0.3 is 9.47 Å². The van der Waals surface area contributed by atoms with E-state index in [4.69, 9.17) is 14.5 Å². The quantitative estimate of drug-likeness (QED) is 0.187. The van der Waals surface area contributed by atoms with Crippen LogP contribution in [0.2, 0.25) is 0 Å². The first-order chi connectivity index (χ1) is 20.9. The second kappa shape index (κ2) is 10.5. The summed E-state index contributed by atoms with van der Waals surface area (Å²) in [5.41, 5.74) is 7.86. The van der Waals surface area contributed by atoms with Gasteiger partial charge in [0.15, 0.2) is 0 Å². The SMILES string of the molecule is COc1ccc(-c2c3c(c(-c4ccc(OC)cc4)c4c2cnc2ccccc24)CN(S(=O)(=O)c2ccc(C)cc2)C3)cc1. The van der Waals surface area contributed by atoms with Gasteiger partial charge in [-0.15, -0.1) is 0 Å². The van der Waals surface area contributed by atoms with Crippen LogP contribution >= 0.6 is 0 Å². The molecule has 2 heterocycles. The zero-order chi connectivity index (χ0) is 29.7. The van der Waals surface area contributed by atoms with Gasteiger partial charge in [0.2, 0.25) is 10.0 Å². The molecule has 0 atom stereocenters. The van der Waals surface area contributed by atoms with E-state index in [9.17, 15) is 8.42 Å². The molecule has 5 aromatic carbocycles. The lowest BCUT2D eigenvalue weighted by Gasteiger charge is -2.20. The molecule has 6 aromatic rings. The van der Waals surface area contributed by atoms with Crippen molar-refractivity contribution < 1.29 is 17.9 Å². The molecule has 1 aromatic heterocycles. The maximum atomic E-state index is 14.1. The van der Waals surface area contributed by atoms with Crippen LogP contribution in [0.5, 0.6) is 11.5 Å². The summed E-state index contributed by atoms with van der Waals surface area (Å²) in [5, 5.41) is 3.04. The van der Waals surface area contributed by atoms with Gasteiger partial charge in [0.1, 0.15) is 11.5 Å². The summed E-state index contributed by atoms with van der Waals surface area (Å²) in [6.07, 6.45) is 1.93. The van der Waals surface area contributed by atoms with E-state index < -0.39 is 10.0 Å². The lowest BCUT2D eigenvalue weighted by atomic mass is 9.84. The number of methoxy groups -OCH3 is 2. The van der Waals surface area contributed by atoms with Crippen molar-refractivity contribution >= 4 is 31.7 Å². The number of hydrogen-bond acceptors (Lipinski definition) is 5. The zero-order valence-corrected chi connectivity index (χ0v) is 25.0. The van der Waals surface area contributed by atoms with Crippen LogP contribution in [0.25, 0.3) is 43.9 Å². The number of nitrogens with zero attached hydrogens (tertiary/aromatic N) is 2. The first kappa shape index (κ1) is 27.1. The molecule has 0 fully saturated rings. The number of aromatic nitrogens is 1. The Morgan fingerprint density at radius 1 is 0.674 bits per heavy atom. The molecule has 0 unspecified atom stereocenters. The van der Waals surface area contributed by atoms with E-state index in [1.165, 1.54) is 0 Å². The number of ether oxygens (including phenoxy) is 2. The smallest absolute Gasteiger partial charge is 0.243 e. The molecular formula is C36H30N2O4S. The molecule has 0 amide bonds. The van der Waals surface area contributed by atoms with Gasteiger partial charge in [0, 0.05) is 35.4 Å². The Kier molecular flexibility index (Phi) is 6.64. The number of benzene rings is 5. The molecule has 1 aliphatic heterocycles. The van der Waals surface area contributed by atoms with Crippen LogP contribution < -0.4 is 9.47 Å². The van der Waals surface area contributed by atoms with E-state index in [1.807, 2.05) is 92.0 Å². The minimum absolute atomic E-state index is 0.249. The van der Waals surface area contributed by atoms with Crippen LogP contribution in [0.15, 0.2) is 108 Å². The minimum Gasteiger partial charge on any atom is -0.497 e. The van der Waals surface area contributed by atoms with Crippen LogP contribution in [0, 0.1) is 6.92 Å².